The molecule has 0 spiro atoms. The number of hydrogen-bond acceptors (Lipinski definition) is 4. The summed E-state index contributed by atoms with van der Waals surface area (Å²) in [5.74, 6) is 1.57. The standard InChI is InChI=1S/C26H26N2O3/c1-4-17(3)19-11-14-24-23(16-19)28-26(31-24)20-7-6-8-21(15-20)27-25(29)18-9-12-22(13-10-18)30-5-2/h6-17H,4-5H2,1-3H3,(H,27,29)/t17-/m0/s1. The normalized spacial score (nSPS) is 12.0. The number of fused-ring (bicyclic) bond motifs is 1. The van der Waals surface area contributed by atoms with Crippen LogP contribution in [-0.2, 0) is 0 Å². The van der Waals surface area contributed by atoms with Crippen LogP contribution >= 0.6 is 0 Å². The zero-order chi connectivity index (χ0) is 21.8. The van der Waals surface area contributed by atoms with Crippen molar-refractivity contribution < 1.29 is 13.9 Å². The fourth-order valence-corrected chi connectivity index (χ4v) is 3.41. The summed E-state index contributed by atoms with van der Waals surface area (Å²) in [6.45, 7) is 6.90. The number of anilines is 1. The third kappa shape index (κ3) is 4.61. The Labute approximate surface area is 182 Å². The van der Waals surface area contributed by atoms with Crippen LogP contribution in [0.2, 0.25) is 0 Å². The summed E-state index contributed by atoms with van der Waals surface area (Å²) >= 11 is 0. The fourth-order valence-electron chi connectivity index (χ4n) is 3.41. The van der Waals surface area contributed by atoms with Crippen LogP contribution in [0.15, 0.2) is 71.1 Å². The van der Waals surface area contributed by atoms with Gasteiger partial charge in [-0.2, -0.15) is 0 Å². The van der Waals surface area contributed by atoms with Crippen LogP contribution < -0.4 is 10.1 Å². The van der Waals surface area contributed by atoms with E-state index in [9.17, 15) is 4.79 Å². The molecule has 0 unspecified atom stereocenters. The number of oxazole rings is 1. The van der Waals surface area contributed by atoms with Gasteiger partial charge in [-0.05, 0) is 79.4 Å². The number of ether oxygens (including phenoxy) is 1. The molecule has 1 heterocycles. The van der Waals surface area contributed by atoms with Crippen molar-refractivity contribution >= 4 is 22.7 Å². The summed E-state index contributed by atoms with van der Waals surface area (Å²) in [6.07, 6.45) is 1.08. The molecule has 31 heavy (non-hydrogen) atoms. The van der Waals surface area contributed by atoms with Gasteiger partial charge in [0, 0.05) is 16.8 Å². The number of carbonyl (C=O) groups excluding carboxylic acids is 1. The van der Waals surface area contributed by atoms with E-state index >= 15 is 0 Å². The van der Waals surface area contributed by atoms with Crippen LogP contribution in [0.1, 0.15) is 49.0 Å². The van der Waals surface area contributed by atoms with E-state index in [4.69, 9.17) is 9.15 Å². The van der Waals surface area contributed by atoms with Crippen molar-refractivity contribution in [3.63, 3.8) is 0 Å². The molecule has 0 bridgehead atoms. The van der Waals surface area contributed by atoms with Gasteiger partial charge in [0.05, 0.1) is 6.61 Å². The Morgan fingerprint density at radius 2 is 1.87 bits per heavy atom. The lowest BCUT2D eigenvalue weighted by atomic mass is 9.98. The molecule has 3 aromatic carbocycles. The number of aromatic nitrogens is 1. The smallest absolute Gasteiger partial charge is 0.255 e. The molecule has 5 nitrogen and oxygen atoms in total. The van der Waals surface area contributed by atoms with Crippen molar-refractivity contribution in [1.29, 1.82) is 0 Å². The van der Waals surface area contributed by atoms with Crippen molar-refractivity contribution in [2.45, 2.75) is 33.1 Å². The summed E-state index contributed by atoms with van der Waals surface area (Å²) in [5.41, 5.74) is 4.91. The fraction of sp³-hybridized carbons (Fsp3) is 0.231. The Hall–Kier alpha value is -3.60. The van der Waals surface area contributed by atoms with Crippen molar-refractivity contribution in [1.82, 2.24) is 4.98 Å². The van der Waals surface area contributed by atoms with Crippen LogP contribution in [-0.4, -0.2) is 17.5 Å². The largest absolute Gasteiger partial charge is 0.494 e. The van der Waals surface area contributed by atoms with Crippen molar-refractivity contribution in [2.24, 2.45) is 0 Å². The van der Waals surface area contributed by atoms with Gasteiger partial charge in [0.25, 0.3) is 5.91 Å². The monoisotopic (exact) mass is 414 g/mol. The first-order chi connectivity index (χ1) is 15.1. The number of carbonyl (C=O) groups is 1. The van der Waals surface area contributed by atoms with E-state index in [2.05, 4.69) is 36.3 Å². The van der Waals surface area contributed by atoms with Gasteiger partial charge in [-0.15, -0.1) is 0 Å². The van der Waals surface area contributed by atoms with Crippen molar-refractivity contribution in [3.05, 3.63) is 77.9 Å². The van der Waals surface area contributed by atoms with Gasteiger partial charge < -0.3 is 14.5 Å². The lowest BCUT2D eigenvalue weighted by Gasteiger charge is -2.07. The molecular formula is C26H26N2O3. The molecule has 1 N–H and O–H groups in total. The highest BCUT2D eigenvalue weighted by Gasteiger charge is 2.12. The topological polar surface area (TPSA) is 64.4 Å². The van der Waals surface area contributed by atoms with E-state index in [1.165, 1.54) is 5.56 Å². The van der Waals surface area contributed by atoms with E-state index in [0.717, 1.165) is 28.8 Å². The predicted octanol–water partition coefficient (Wildman–Crippen LogP) is 6.66. The molecule has 5 heteroatoms. The Morgan fingerprint density at radius 3 is 2.61 bits per heavy atom. The highest BCUT2D eigenvalue weighted by molar-refractivity contribution is 6.04. The molecule has 4 rings (SSSR count). The summed E-state index contributed by atoms with van der Waals surface area (Å²) in [7, 11) is 0. The lowest BCUT2D eigenvalue weighted by Crippen LogP contribution is -2.11. The highest BCUT2D eigenvalue weighted by Crippen LogP contribution is 2.29. The number of nitrogens with one attached hydrogen (secondary N) is 1. The second-order valence-corrected chi connectivity index (χ2v) is 7.55. The first-order valence-corrected chi connectivity index (χ1v) is 10.6. The van der Waals surface area contributed by atoms with Gasteiger partial charge >= 0.3 is 0 Å². The number of amides is 1. The molecule has 0 aliphatic heterocycles. The highest BCUT2D eigenvalue weighted by atomic mass is 16.5. The maximum atomic E-state index is 12.6. The maximum absolute atomic E-state index is 12.6. The predicted molar refractivity (Wildman–Crippen MR) is 124 cm³/mol. The summed E-state index contributed by atoms with van der Waals surface area (Å²) in [4.78, 5) is 17.3. The zero-order valence-corrected chi connectivity index (χ0v) is 18.0. The van der Waals surface area contributed by atoms with Gasteiger partial charge in [-0.25, -0.2) is 4.98 Å². The van der Waals surface area contributed by atoms with Crippen LogP contribution in [0.4, 0.5) is 5.69 Å². The van der Waals surface area contributed by atoms with Crippen LogP contribution in [0.3, 0.4) is 0 Å². The molecule has 0 saturated heterocycles. The maximum Gasteiger partial charge on any atom is 0.255 e. The number of hydrogen-bond donors (Lipinski definition) is 1. The van der Waals surface area contributed by atoms with E-state index in [1.54, 1.807) is 24.3 Å². The minimum Gasteiger partial charge on any atom is -0.494 e. The van der Waals surface area contributed by atoms with Gasteiger partial charge in [0.2, 0.25) is 5.89 Å². The Kier molecular flexibility index (Phi) is 6.03. The van der Waals surface area contributed by atoms with Gasteiger partial charge in [-0.1, -0.05) is 26.0 Å². The van der Waals surface area contributed by atoms with E-state index in [0.29, 0.717) is 29.7 Å². The molecular weight excluding hydrogens is 388 g/mol. The third-order valence-electron chi connectivity index (χ3n) is 5.39. The summed E-state index contributed by atoms with van der Waals surface area (Å²) in [6, 6.07) is 20.8. The SMILES string of the molecule is CCOc1ccc(C(=O)Nc2cccc(-c3nc4cc([C@@H](C)CC)ccc4o3)c2)cc1. The third-order valence-corrected chi connectivity index (χ3v) is 5.39. The van der Waals surface area contributed by atoms with E-state index < -0.39 is 0 Å². The summed E-state index contributed by atoms with van der Waals surface area (Å²) < 4.78 is 11.4. The van der Waals surface area contributed by atoms with Gasteiger partial charge in [0.15, 0.2) is 5.58 Å². The minimum absolute atomic E-state index is 0.184. The molecule has 0 radical (unpaired) electrons. The molecule has 0 fully saturated rings. The second-order valence-electron chi connectivity index (χ2n) is 7.55. The first kappa shape index (κ1) is 20.7. The molecule has 0 aliphatic rings. The van der Waals surface area contributed by atoms with E-state index in [-0.39, 0.29) is 5.91 Å². The Bertz CT molecular complexity index is 1190. The van der Waals surface area contributed by atoms with Gasteiger partial charge in [0.1, 0.15) is 11.3 Å². The van der Waals surface area contributed by atoms with Crippen LogP contribution in [0, 0.1) is 0 Å². The number of nitrogens with zero attached hydrogens (tertiary/aromatic N) is 1. The molecule has 1 amide bonds. The second kappa shape index (κ2) is 9.04. The first-order valence-electron chi connectivity index (χ1n) is 10.6. The molecule has 0 saturated carbocycles. The quantitative estimate of drug-likeness (QED) is 0.367. The Morgan fingerprint density at radius 1 is 1.06 bits per heavy atom. The minimum atomic E-state index is -0.184. The number of benzene rings is 3. The number of rotatable bonds is 7. The van der Waals surface area contributed by atoms with Crippen LogP contribution in [0.5, 0.6) is 5.75 Å². The molecule has 0 aliphatic carbocycles. The molecule has 158 valence electrons. The van der Waals surface area contributed by atoms with Crippen molar-refractivity contribution in [2.75, 3.05) is 11.9 Å². The average Bonchev–Trinajstić information content (AvgIpc) is 3.23. The average molecular weight is 415 g/mol. The van der Waals surface area contributed by atoms with E-state index in [1.807, 2.05) is 37.3 Å². The molecule has 1 aromatic heterocycles. The molecule has 1 atom stereocenters. The van der Waals surface area contributed by atoms with Gasteiger partial charge in [-0.3, -0.25) is 4.79 Å². The zero-order valence-electron chi connectivity index (χ0n) is 18.0. The van der Waals surface area contributed by atoms with Crippen LogP contribution in [0.25, 0.3) is 22.6 Å². The summed E-state index contributed by atoms with van der Waals surface area (Å²) in [5, 5.41) is 2.94. The van der Waals surface area contributed by atoms with Crippen molar-refractivity contribution in [3.8, 4) is 17.2 Å². The molecule has 4 aromatic rings. The Balaban J connectivity index is 1.54. The lowest BCUT2D eigenvalue weighted by molar-refractivity contribution is 0.102.